The Balaban J connectivity index is 2.58. The number of para-hydroxylation sites is 1. The maximum atomic E-state index is 10.5. The minimum absolute atomic E-state index is 0.0646. The lowest BCUT2D eigenvalue weighted by Gasteiger charge is -2.21. The highest BCUT2D eigenvalue weighted by Crippen LogP contribution is 2.24. The average Bonchev–Trinajstić information content (AvgIpc) is 2.36. The fraction of sp³-hybridized carbons (Fsp3) is 0.462. The molecule has 100 valence electrons. The molecule has 0 heterocycles. The Morgan fingerprint density at radius 3 is 2.72 bits per heavy atom. The standard InChI is InChI=1S/C13H19NO4/c1-14(8-7-13(16)17)9-11(15)10-5-3-4-6-12(10)18-2/h3-6,11,15H,7-9H2,1-2H3,(H,16,17). The van der Waals surface area contributed by atoms with Crippen molar-refractivity contribution in [3.63, 3.8) is 0 Å². The fourth-order valence-electron chi connectivity index (χ4n) is 1.71. The van der Waals surface area contributed by atoms with Crippen LogP contribution in [0.25, 0.3) is 0 Å². The lowest BCUT2D eigenvalue weighted by Crippen LogP contribution is -2.27. The van der Waals surface area contributed by atoms with Gasteiger partial charge in [-0.05, 0) is 13.1 Å². The van der Waals surface area contributed by atoms with Crippen LogP contribution in [0.3, 0.4) is 0 Å². The van der Waals surface area contributed by atoms with E-state index in [-0.39, 0.29) is 6.42 Å². The Kier molecular flexibility index (Phi) is 5.61. The summed E-state index contributed by atoms with van der Waals surface area (Å²) in [7, 11) is 3.33. The summed E-state index contributed by atoms with van der Waals surface area (Å²) < 4.78 is 5.17. The van der Waals surface area contributed by atoms with E-state index >= 15 is 0 Å². The van der Waals surface area contributed by atoms with E-state index in [1.807, 2.05) is 12.1 Å². The van der Waals surface area contributed by atoms with Gasteiger partial charge >= 0.3 is 5.97 Å². The monoisotopic (exact) mass is 253 g/mol. The summed E-state index contributed by atoms with van der Waals surface area (Å²) in [6.07, 6.45) is -0.630. The van der Waals surface area contributed by atoms with Crippen molar-refractivity contribution in [2.45, 2.75) is 12.5 Å². The van der Waals surface area contributed by atoms with E-state index in [0.29, 0.717) is 24.4 Å². The number of ether oxygens (including phenoxy) is 1. The number of carboxylic acids is 1. The van der Waals surface area contributed by atoms with E-state index in [1.54, 1.807) is 31.2 Å². The molecule has 0 saturated heterocycles. The van der Waals surface area contributed by atoms with Crippen LogP contribution in [-0.4, -0.2) is 48.3 Å². The quantitative estimate of drug-likeness (QED) is 0.762. The van der Waals surface area contributed by atoms with Crippen molar-refractivity contribution in [3.8, 4) is 5.75 Å². The molecule has 1 rings (SSSR count). The predicted molar refractivity (Wildman–Crippen MR) is 67.7 cm³/mol. The number of hydrogen-bond donors (Lipinski definition) is 2. The second-order valence-corrected chi connectivity index (χ2v) is 4.16. The third-order valence-electron chi connectivity index (χ3n) is 2.69. The summed E-state index contributed by atoms with van der Waals surface area (Å²) in [6.45, 7) is 0.773. The number of likely N-dealkylation sites (N-methyl/N-ethyl adjacent to an activating group) is 1. The van der Waals surface area contributed by atoms with Crippen molar-refractivity contribution >= 4 is 5.97 Å². The SMILES string of the molecule is COc1ccccc1C(O)CN(C)CCC(=O)O. The molecular weight excluding hydrogens is 234 g/mol. The molecule has 18 heavy (non-hydrogen) atoms. The van der Waals surface area contributed by atoms with E-state index in [9.17, 15) is 9.90 Å². The smallest absolute Gasteiger partial charge is 0.304 e. The van der Waals surface area contributed by atoms with Crippen LogP contribution in [0, 0.1) is 0 Å². The molecule has 0 spiro atoms. The molecule has 0 aromatic heterocycles. The number of methoxy groups -OCH3 is 1. The first-order valence-electron chi connectivity index (χ1n) is 5.76. The second-order valence-electron chi connectivity index (χ2n) is 4.16. The molecule has 0 saturated carbocycles. The van der Waals surface area contributed by atoms with Crippen LogP contribution in [0.5, 0.6) is 5.75 Å². The third-order valence-corrected chi connectivity index (χ3v) is 2.69. The summed E-state index contributed by atoms with van der Waals surface area (Å²) in [5.41, 5.74) is 0.710. The van der Waals surface area contributed by atoms with Crippen molar-refractivity contribution in [2.24, 2.45) is 0 Å². The van der Waals surface area contributed by atoms with Crippen LogP contribution in [0.2, 0.25) is 0 Å². The van der Waals surface area contributed by atoms with Gasteiger partial charge in [-0.3, -0.25) is 4.79 Å². The summed E-state index contributed by atoms with van der Waals surface area (Å²) in [6, 6.07) is 7.26. The Morgan fingerprint density at radius 2 is 2.11 bits per heavy atom. The normalized spacial score (nSPS) is 12.4. The van der Waals surface area contributed by atoms with Crippen LogP contribution in [-0.2, 0) is 4.79 Å². The number of aliphatic hydroxyl groups excluding tert-OH is 1. The van der Waals surface area contributed by atoms with Gasteiger partial charge in [0.25, 0.3) is 0 Å². The summed E-state index contributed by atoms with van der Waals surface area (Å²) in [5.74, 6) is -0.203. The third kappa shape index (κ3) is 4.35. The van der Waals surface area contributed by atoms with Gasteiger partial charge in [0.2, 0.25) is 0 Å². The molecule has 0 fully saturated rings. The van der Waals surface area contributed by atoms with Gasteiger partial charge in [-0.25, -0.2) is 0 Å². The van der Waals surface area contributed by atoms with Gasteiger partial charge in [0.15, 0.2) is 0 Å². The molecule has 0 radical (unpaired) electrons. The molecule has 0 aliphatic carbocycles. The molecule has 0 aliphatic rings. The Labute approximate surface area is 107 Å². The molecule has 0 aliphatic heterocycles. The molecular formula is C13H19NO4. The molecule has 2 N–H and O–H groups in total. The van der Waals surface area contributed by atoms with Gasteiger partial charge in [-0.1, -0.05) is 18.2 Å². The number of carbonyl (C=O) groups is 1. The minimum Gasteiger partial charge on any atom is -0.496 e. The number of aliphatic hydroxyl groups is 1. The van der Waals surface area contributed by atoms with Gasteiger partial charge in [0.1, 0.15) is 5.75 Å². The highest BCUT2D eigenvalue weighted by molar-refractivity contribution is 5.66. The van der Waals surface area contributed by atoms with E-state index in [2.05, 4.69) is 0 Å². The van der Waals surface area contributed by atoms with E-state index in [1.165, 1.54) is 0 Å². The summed E-state index contributed by atoms with van der Waals surface area (Å²) in [4.78, 5) is 12.2. The van der Waals surface area contributed by atoms with Crippen LogP contribution >= 0.6 is 0 Å². The zero-order valence-corrected chi connectivity index (χ0v) is 10.7. The highest BCUT2D eigenvalue weighted by atomic mass is 16.5. The van der Waals surface area contributed by atoms with E-state index in [4.69, 9.17) is 9.84 Å². The summed E-state index contributed by atoms with van der Waals surface area (Å²) in [5, 5.41) is 18.7. The van der Waals surface area contributed by atoms with Crippen LogP contribution < -0.4 is 4.74 Å². The van der Waals surface area contributed by atoms with Crippen molar-refractivity contribution in [2.75, 3.05) is 27.2 Å². The minimum atomic E-state index is -0.839. The van der Waals surface area contributed by atoms with Crippen molar-refractivity contribution in [1.29, 1.82) is 0 Å². The number of hydrogen-bond acceptors (Lipinski definition) is 4. The molecule has 1 unspecified atom stereocenters. The average molecular weight is 253 g/mol. The number of rotatable bonds is 7. The van der Waals surface area contributed by atoms with Gasteiger partial charge in [-0.2, -0.15) is 0 Å². The first-order valence-corrected chi connectivity index (χ1v) is 5.76. The Bertz CT molecular complexity index is 394. The topological polar surface area (TPSA) is 70.0 Å². The molecule has 0 amide bonds. The lowest BCUT2D eigenvalue weighted by atomic mass is 10.1. The van der Waals surface area contributed by atoms with Crippen LogP contribution in [0.15, 0.2) is 24.3 Å². The summed E-state index contributed by atoms with van der Waals surface area (Å²) >= 11 is 0. The maximum absolute atomic E-state index is 10.5. The zero-order chi connectivity index (χ0) is 13.5. The molecule has 0 bridgehead atoms. The largest absolute Gasteiger partial charge is 0.496 e. The number of carboxylic acid groups (broad SMARTS) is 1. The first kappa shape index (κ1) is 14.5. The van der Waals surface area contributed by atoms with Gasteiger partial charge in [0, 0.05) is 18.7 Å². The number of benzene rings is 1. The number of nitrogens with zero attached hydrogens (tertiary/aromatic N) is 1. The van der Waals surface area contributed by atoms with Crippen LogP contribution in [0.1, 0.15) is 18.1 Å². The first-order chi connectivity index (χ1) is 8.54. The van der Waals surface area contributed by atoms with E-state index in [0.717, 1.165) is 0 Å². The highest BCUT2D eigenvalue weighted by Gasteiger charge is 2.15. The van der Waals surface area contributed by atoms with Gasteiger partial charge in [-0.15, -0.1) is 0 Å². The van der Waals surface area contributed by atoms with Crippen molar-refractivity contribution in [1.82, 2.24) is 4.90 Å². The maximum Gasteiger partial charge on any atom is 0.304 e. The number of aliphatic carboxylic acids is 1. The molecule has 1 atom stereocenters. The van der Waals surface area contributed by atoms with Gasteiger partial charge < -0.3 is 19.8 Å². The van der Waals surface area contributed by atoms with Crippen molar-refractivity contribution < 1.29 is 19.7 Å². The molecule has 1 aromatic carbocycles. The van der Waals surface area contributed by atoms with Crippen LogP contribution in [0.4, 0.5) is 0 Å². The zero-order valence-electron chi connectivity index (χ0n) is 10.7. The van der Waals surface area contributed by atoms with E-state index < -0.39 is 12.1 Å². The van der Waals surface area contributed by atoms with Gasteiger partial charge in [0.05, 0.1) is 19.6 Å². The lowest BCUT2D eigenvalue weighted by molar-refractivity contribution is -0.137. The molecule has 1 aromatic rings. The second kappa shape index (κ2) is 6.98. The Hall–Kier alpha value is -1.59. The predicted octanol–water partition coefficient (Wildman–Crippen LogP) is 1.14. The molecule has 5 heteroatoms. The molecule has 5 nitrogen and oxygen atoms in total. The Morgan fingerprint density at radius 1 is 1.44 bits per heavy atom. The fourth-order valence-corrected chi connectivity index (χ4v) is 1.71. The van der Waals surface area contributed by atoms with Crippen molar-refractivity contribution in [3.05, 3.63) is 29.8 Å².